The third-order valence-corrected chi connectivity index (χ3v) is 4.87. The molecule has 0 aliphatic rings. The van der Waals surface area contributed by atoms with E-state index in [0.29, 0.717) is 27.5 Å². The first kappa shape index (κ1) is 17.5. The number of nitrogens with zero attached hydrogens (tertiary/aromatic N) is 4. The quantitative estimate of drug-likeness (QED) is 0.250. The number of aromatic nitrogens is 3. The van der Waals surface area contributed by atoms with Crippen molar-refractivity contribution in [2.24, 2.45) is 0 Å². The average molecular weight is 400 g/mol. The maximum atomic E-state index is 11.2. The molecular weight excluding hydrogens is 388 g/mol. The lowest BCUT2D eigenvalue weighted by atomic mass is 10.1. The van der Waals surface area contributed by atoms with Crippen LogP contribution in [0.4, 0.5) is 22.7 Å². The maximum absolute atomic E-state index is 11.2. The van der Waals surface area contributed by atoms with Gasteiger partial charge in [-0.3, -0.25) is 25.3 Å². The number of nitro groups is 2. The van der Waals surface area contributed by atoms with E-state index in [9.17, 15) is 20.2 Å². The van der Waals surface area contributed by atoms with Crippen molar-refractivity contribution in [2.45, 2.75) is 0 Å². The first-order valence-electron chi connectivity index (χ1n) is 8.86. The summed E-state index contributed by atoms with van der Waals surface area (Å²) in [5, 5.41) is 34.9. The van der Waals surface area contributed by atoms with E-state index in [0.717, 1.165) is 16.6 Å². The second kappa shape index (κ2) is 6.48. The number of non-ortho nitro benzene ring substituents is 2. The lowest BCUT2D eigenvalue weighted by Crippen LogP contribution is -1.97. The third-order valence-electron chi connectivity index (χ3n) is 4.87. The summed E-state index contributed by atoms with van der Waals surface area (Å²) < 4.78 is 0. The van der Waals surface area contributed by atoms with E-state index in [1.165, 1.54) is 24.3 Å². The molecule has 0 amide bonds. The highest BCUT2D eigenvalue weighted by Crippen LogP contribution is 2.36. The number of hydrogen-bond acceptors (Lipinski definition) is 7. The lowest BCUT2D eigenvalue weighted by Gasteiger charge is -2.13. The summed E-state index contributed by atoms with van der Waals surface area (Å²) in [6.07, 6.45) is 1.70. The Kier molecular flexibility index (Phi) is 3.78. The molecule has 0 atom stereocenters. The second-order valence-corrected chi connectivity index (χ2v) is 6.70. The summed E-state index contributed by atoms with van der Waals surface area (Å²) in [7, 11) is 0. The molecule has 10 heteroatoms. The summed E-state index contributed by atoms with van der Waals surface area (Å²) in [5.74, 6) is 0. The fourth-order valence-electron chi connectivity index (χ4n) is 3.45. The lowest BCUT2D eigenvalue weighted by molar-refractivity contribution is -0.384. The highest BCUT2D eigenvalue weighted by molar-refractivity contribution is 6.09. The van der Waals surface area contributed by atoms with Gasteiger partial charge in [-0.25, -0.2) is 4.98 Å². The van der Waals surface area contributed by atoms with Crippen molar-refractivity contribution >= 4 is 55.5 Å². The van der Waals surface area contributed by atoms with Crippen LogP contribution in [-0.2, 0) is 0 Å². The molecule has 0 spiro atoms. The van der Waals surface area contributed by atoms with Crippen LogP contribution >= 0.6 is 0 Å². The molecule has 0 aliphatic carbocycles. The molecule has 0 saturated heterocycles. The van der Waals surface area contributed by atoms with Crippen molar-refractivity contribution < 1.29 is 9.85 Å². The predicted octanol–water partition coefficient (Wildman–Crippen LogP) is 4.82. The van der Waals surface area contributed by atoms with Crippen LogP contribution in [0, 0.1) is 20.2 Å². The Labute approximate surface area is 167 Å². The number of hydrogen-bond donors (Lipinski definition) is 2. The van der Waals surface area contributed by atoms with Crippen LogP contribution in [0.5, 0.6) is 0 Å². The van der Waals surface area contributed by atoms with Crippen molar-refractivity contribution in [2.75, 3.05) is 5.32 Å². The van der Waals surface area contributed by atoms with E-state index in [2.05, 4.69) is 20.5 Å². The molecular formula is C20H12N6O4. The van der Waals surface area contributed by atoms with Gasteiger partial charge in [0.1, 0.15) is 0 Å². The van der Waals surface area contributed by atoms with E-state index >= 15 is 0 Å². The molecule has 2 heterocycles. The van der Waals surface area contributed by atoms with Gasteiger partial charge in [-0.1, -0.05) is 0 Å². The summed E-state index contributed by atoms with van der Waals surface area (Å²) in [6.45, 7) is 0. The zero-order valence-electron chi connectivity index (χ0n) is 15.2. The molecule has 0 unspecified atom stereocenters. The van der Waals surface area contributed by atoms with Crippen molar-refractivity contribution in [3.63, 3.8) is 0 Å². The number of benzene rings is 3. The third kappa shape index (κ3) is 2.83. The zero-order chi connectivity index (χ0) is 20.8. The molecule has 146 valence electrons. The normalized spacial score (nSPS) is 11.2. The monoisotopic (exact) mass is 400 g/mol. The summed E-state index contributed by atoms with van der Waals surface area (Å²) in [4.78, 5) is 25.8. The number of pyridine rings is 1. The average Bonchev–Trinajstić information content (AvgIpc) is 3.20. The van der Waals surface area contributed by atoms with Crippen LogP contribution in [-0.4, -0.2) is 25.0 Å². The Bertz CT molecular complexity index is 1420. The Morgan fingerprint density at radius 2 is 1.47 bits per heavy atom. The molecule has 10 nitrogen and oxygen atoms in total. The van der Waals surface area contributed by atoms with Crippen LogP contribution in [0.2, 0.25) is 0 Å². The number of nitro benzene ring substituents is 2. The largest absolute Gasteiger partial charge is 0.354 e. The number of H-pyrrole nitrogens is 1. The molecule has 5 aromatic rings. The molecule has 0 aliphatic heterocycles. The van der Waals surface area contributed by atoms with Gasteiger partial charge in [0.05, 0.1) is 38.3 Å². The van der Waals surface area contributed by atoms with Crippen molar-refractivity contribution in [1.82, 2.24) is 15.2 Å². The summed E-state index contributed by atoms with van der Waals surface area (Å²) >= 11 is 0. The fourth-order valence-corrected chi connectivity index (χ4v) is 3.45. The molecule has 30 heavy (non-hydrogen) atoms. The number of fused-ring (bicyclic) bond motifs is 3. The Morgan fingerprint density at radius 3 is 2.07 bits per heavy atom. The molecule has 0 fully saturated rings. The van der Waals surface area contributed by atoms with Gasteiger partial charge in [-0.2, -0.15) is 5.10 Å². The summed E-state index contributed by atoms with van der Waals surface area (Å²) in [5.41, 5.74) is 2.83. The number of aromatic amines is 1. The Hall–Kier alpha value is -4.60. The SMILES string of the molecule is O=[N+]([O-])c1ccc2c(Nc3ccc4[nH]ncc4c3)c3ccc([N+](=O)[O-])cc3nc2c1. The van der Waals surface area contributed by atoms with Gasteiger partial charge in [-0.05, 0) is 30.3 Å². The van der Waals surface area contributed by atoms with Gasteiger partial charge in [0, 0.05) is 46.1 Å². The smallest absolute Gasteiger partial charge is 0.271 e. The maximum Gasteiger partial charge on any atom is 0.271 e. The van der Waals surface area contributed by atoms with Crippen LogP contribution in [0.3, 0.4) is 0 Å². The first-order chi connectivity index (χ1) is 14.5. The van der Waals surface area contributed by atoms with Gasteiger partial charge in [0.15, 0.2) is 0 Å². The first-order valence-corrected chi connectivity index (χ1v) is 8.86. The molecule has 0 radical (unpaired) electrons. The van der Waals surface area contributed by atoms with Crippen molar-refractivity contribution in [1.29, 1.82) is 0 Å². The van der Waals surface area contributed by atoms with Gasteiger partial charge in [0.25, 0.3) is 11.4 Å². The summed E-state index contributed by atoms with van der Waals surface area (Å²) in [6, 6.07) is 14.4. The molecule has 2 aromatic heterocycles. The van der Waals surface area contributed by atoms with E-state index in [1.54, 1.807) is 18.3 Å². The number of nitrogens with one attached hydrogen (secondary N) is 2. The molecule has 5 rings (SSSR count). The number of rotatable bonds is 4. The molecule has 2 N–H and O–H groups in total. The van der Waals surface area contributed by atoms with Gasteiger partial charge >= 0.3 is 0 Å². The zero-order valence-corrected chi connectivity index (χ0v) is 15.2. The minimum absolute atomic E-state index is 0.106. The molecule has 0 bridgehead atoms. The Balaban J connectivity index is 1.76. The Morgan fingerprint density at radius 1 is 0.833 bits per heavy atom. The highest BCUT2D eigenvalue weighted by atomic mass is 16.6. The van der Waals surface area contributed by atoms with Gasteiger partial charge in [0.2, 0.25) is 0 Å². The minimum Gasteiger partial charge on any atom is -0.354 e. The van der Waals surface area contributed by atoms with Crippen molar-refractivity contribution in [3.8, 4) is 0 Å². The standard InChI is InChI=1S/C20H12N6O4/c27-25(28)13-2-4-15-18(8-13)23-19-9-14(26(29)30)3-5-16(19)20(15)22-12-1-6-17-11(7-12)10-21-24-17/h1-10H,(H,21,24)(H,22,23). The van der Waals surface area contributed by atoms with Crippen LogP contribution in [0.1, 0.15) is 0 Å². The molecule has 3 aromatic carbocycles. The topological polar surface area (TPSA) is 140 Å². The fraction of sp³-hybridized carbons (Fsp3) is 0. The van der Waals surface area contributed by atoms with Gasteiger partial charge in [-0.15, -0.1) is 0 Å². The van der Waals surface area contributed by atoms with Gasteiger partial charge < -0.3 is 5.32 Å². The van der Waals surface area contributed by atoms with Crippen LogP contribution < -0.4 is 5.32 Å². The van der Waals surface area contributed by atoms with E-state index < -0.39 is 9.85 Å². The van der Waals surface area contributed by atoms with E-state index in [-0.39, 0.29) is 11.4 Å². The van der Waals surface area contributed by atoms with Crippen LogP contribution in [0.15, 0.2) is 60.8 Å². The number of anilines is 2. The van der Waals surface area contributed by atoms with E-state index in [4.69, 9.17) is 0 Å². The van der Waals surface area contributed by atoms with E-state index in [1.807, 2.05) is 18.2 Å². The van der Waals surface area contributed by atoms with Crippen LogP contribution in [0.25, 0.3) is 32.7 Å². The highest BCUT2D eigenvalue weighted by Gasteiger charge is 2.16. The minimum atomic E-state index is -0.501. The van der Waals surface area contributed by atoms with Crippen molar-refractivity contribution in [3.05, 3.63) is 81.0 Å². The second-order valence-electron chi connectivity index (χ2n) is 6.70. The molecule has 0 saturated carbocycles. The predicted molar refractivity (Wildman–Crippen MR) is 112 cm³/mol.